The van der Waals surface area contributed by atoms with Crippen molar-refractivity contribution in [2.75, 3.05) is 30.7 Å². The van der Waals surface area contributed by atoms with Gasteiger partial charge >= 0.3 is 0 Å². The number of hydrogen-bond acceptors (Lipinski definition) is 5. The summed E-state index contributed by atoms with van der Waals surface area (Å²) in [6.07, 6.45) is 0.0134. The summed E-state index contributed by atoms with van der Waals surface area (Å²) < 4.78 is 44.2. The molecule has 170 valence electrons. The van der Waals surface area contributed by atoms with E-state index in [0.717, 1.165) is 29.3 Å². The van der Waals surface area contributed by atoms with Crippen LogP contribution in [0.3, 0.4) is 0 Å². The van der Waals surface area contributed by atoms with Crippen LogP contribution in [0.1, 0.15) is 22.9 Å². The van der Waals surface area contributed by atoms with E-state index in [1.165, 1.54) is 23.1 Å². The number of aliphatic hydroxyl groups is 1. The lowest BCUT2D eigenvalue weighted by Crippen LogP contribution is -2.26. The normalized spacial score (nSPS) is 12.4. The predicted octanol–water partition coefficient (Wildman–Crippen LogP) is 3.42. The van der Waals surface area contributed by atoms with E-state index >= 15 is 0 Å². The number of sulfonamides is 1. The minimum atomic E-state index is -3.61. The van der Waals surface area contributed by atoms with Gasteiger partial charge in [-0.1, -0.05) is 6.07 Å². The van der Waals surface area contributed by atoms with Gasteiger partial charge in [0.05, 0.1) is 18.0 Å². The van der Waals surface area contributed by atoms with Gasteiger partial charge in [-0.05, 0) is 49.2 Å². The van der Waals surface area contributed by atoms with E-state index in [0.29, 0.717) is 18.7 Å². The minimum Gasteiger partial charge on any atom is -0.492 e. The molecule has 3 rings (SSSR count). The molecule has 0 aliphatic carbocycles. The van der Waals surface area contributed by atoms with Crippen molar-refractivity contribution in [3.63, 3.8) is 0 Å². The molecule has 0 radical (unpaired) electrons. The van der Waals surface area contributed by atoms with E-state index in [2.05, 4.69) is 21.9 Å². The van der Waals surface area contributed by atoms with Gasteiger partial charge in [0.2, 0.25) is 10.0 Å². The van der Waals surface area contributed by atoms with Gasteiger partial charge in [-0.25, -0.2) is 12.8 Å². The van der Waals surface area contributed by atoms with Crippen molar-refractivity contribution in [3.05, 3.63) is 59.0 Å². The van der Waals surface area contributed by atoms with Gasteiger partial charge in [0.1, 0.15) is 18.2 Å². The molecule has 0 amide bonds. The molecule has 1 atom stereocenters. The van der Waals surface area contributed by atoms with Crippen molar-refractivity contribution in [2.24, 2.45) is 0 Å². The monoisotopic (exact) mass is 471 g/mol. The second kappa shape index (κ2) is 10.3. The summed E-state index contributed by atoms with van der Waals surface area (Å²) in [4.78, 5) is 3.33. The van der Waals surface area contributed by atoms with Crippen molar-refractivity contribution >= 4 is 39.0 Å². The third-order valence-corrected chi connectivity index (χ3v) is 5.43. The molecule has 0 unspecified atom stereocenters. The molecule has 1 heterocycles. The zero-order valence-electron chi connectivity index (χ0n) is 17.5. The highest BCUT2D eigenvalue weighted by Crippen LogP contribution is 2.25. The van der Waals surface area contributed by atoms with Crippen molar-refractivity contribution in [2.45, 2.75) is 20.0 Å². The number of H-pyrrole nitrogens is 1. The first kappa shape index (κ1) is 24.9. The summed E-state index contributed by atoms with van der Waals surface area (Å²) in [5.74, 6) is 0.0447. The van der Waals surface area contributed by atoms with Crippen molar-refractivity contribution in [1.82, 2.24) is 10.3 Å². The molecule has 0 aliphatic heterocycles. The highest BCUT2D eigenvalue weighted by Gasteiger charge is 2.13. The van der Waals surface area contributed by atoms with Crippen LogP contribution >= 0.6 is 12.4 Å². The maximum absolute atomic E-state index is 13.8. The van der Waals surface area contributed by atoms with E-state index in [1.54, 1.807) is 0 Å². The fourth-order valence-electron chi connectivity index (χ4n) is 3.17. The van der Waals surface area contributed by atoms with Crippen LogP contribution in [-0.4, -0.2) is 44.5 Å². The van der Waals surface area contributed by atoms with Gasteiger partial charge in [-0.15, -0.1) is 12.4 Å². The Morgan fingerprint density at radius 2 is 1.94 bits per heavy atom. The molecule has 7 nitrogen and oxygen atoms in total. The molecule has 10 heteroatoms. The molecule has 0 bridgehead atoms. The van der Waals surface area contributed by atoms with Crippen LogP contribution in [-0.2, 0) is 10.0 Å². The van der Waals surface area contributed by atoms with E-state index in [1.807, 2.05) is 25.1 Å². The zero-order valence-corrected chi connectivity index (χ0v) is 19.2. The average molecular weight is 472 g/mol. The molecule has 0 saturated heterocycles. The fraction of sp³-hybridized carbons (Fsp3) is 0.333. The van der Waals surface area contributed by atoms with E-state index in [-0.39, 0.29) is 24.6 Å². The number of benzene rings is 2. The summed E-state index contributed by atoms with van der Waals surface area (Å²) in [5, 5.41) is 14.5. The summed E-state index contributed by atoms with van der Waals surface area (Å²) in [6, 6.07) is 9.73. The number of aliphatic hydroxyl groups excluding tert-OH is 1. The molecule has 2 aromatic carbocycles. The van der Waals surface area contributed by atoms with Gasteiger partial charge in [0.15, 0.2) is 0 Å². The first-order chi connectivity index (χ1) is 14.1. The van der Waals surface area contributed by atoms with Crippen LogP contribution < -0.4 is 14.8 Å². The lowest BCUT2D eigenvalue weighted by molar-refractivity contribution is 0.172. The first-order valence-corrected chi connectivity index (χ1v) is 11.4. The second-order valence-electron chi connectivity index (χ2n) is 7.26. The smallest absolute Gasteiger partial charge is 0.229 e. The third kappa shape index (κ3) is 6.57. The summed E-state index contributed by atoms with van der Waals surface area (Å²) in [7, 11) is -3.61. The van der Waals surface area contributed by atoms with Gasteiger partial charge in [0, 0.05) is 35.8 Å². The van der Waals surface area contributed by atoms with E-state index in [4.69, 9.17) is 4.74 Å². The number of halogens is 2. The van der Waals surface area contributed by atoms with Crippen molar-refractivity contribution in [1.29, 1.82) is 0 Å². The third-order valence-electron chi connectivity index (χ3n) is 4.84. The fourth-order valence-corrected chi connectivity index (χ4v) is 3.72. The number of hydrogen-bond donors (Lipinski definition) is 4. The summed E-state index contributed by atoms with van der Waals surface area (Å²) in [6.45, 7) is 5.22. The topological polar surface area (TPSA) is 103 Å². The Hall–Kier alpha value is -2.33. The highest BCUT2D eigenvalue weighted by atomic mass is 35.5. The molecular weight excluding hydrogens is 445 g/mol. The molecule has 4 N–H and O–H groups in total. The quantitative estimate of drug-likeness (QED) is 0.358. The standard InChI is InChI=1S/C21H26FN3O4S.ClH/c1-13-14(2)24-19-11-16(5-6-17(13)19)29-9-8-23-12-21(26)15-4-7-18(22)20(10-15)25-30(3,27)28;/h4-7,10-11,21,23-26H,8-9,12H2,1-3H3;1H/t21-;/m0./s1. The number of rotatable bonds is 9. The Morgan fingerprint density at radius 1 is 1.19 bits per heavy atom. The van der Waals surface area contributed by atoms with Crippen LogP contribution in [0.15, 0.2) is 36.4 Å². The van der Waals surface area contributed by atoms with E-state index in [9.17, 15) is 17.9 Å². The Balaban J connectivity index is 0.00000341. The Bertz CT molecular complexity index is 1150. The SMILES string of the molecule is Cc1[nH]c2cc(OCCNC[C@H](O)c3ccc(F)c(NS(C)(=O)=O)c3)ccc2c1C.Cl. The van der Waals surface area contributed by atoms with Crippen LogP contribution in [0.4, 0.5) is 10.1 Å². The Morgan fingerprint density at radius 3 is 2.65 bits per heavy atom. The average Bonchev–Trinajstić information content (AvgIpc) is 2.95. The number of nitrogens with one attached hydrogen (secondary N) is 3. The molecule has 0 aliphatic rings. The zero-order chi connectivity index (χ0) is 21.9. The molecular formula is C21H27ClFN3O4S. The van der Waals surface area contributed by atoms with Crippen LogP contribution in [0.2, 0.25) is 0 Å². The lowest BCUT2D eigenvalue weighted by Gasteiger charge is -2.14. The Labute approximate surface area is 187 Å². The molecule has 0 spiro atoms. The maximum Gasteiger partial charge on any atom is 0.229 e. The molecule has 0 fully saturated rings. The Kier molecular flexibility index (Phi) is 8.30. The maximum atomic E-state index is 13.8. The van der Waals surface area contributed by atoms with Crippen molar-refractivity contribution in [3.8, 4) is 5.75 Å². The van der Waals surface area contributed by atoms with Gasteiger partial charge in [-0.2, -0.15) is 0 Å². The molecule has 3 aromatic rings. The number of anilines is 1. The number of fused-ring (bicyclic) bond motifs is 1. The summed E-state index contributed by atoms with van der Waals surface area (Å²) in [5.41, 5.74) is 3.60. The lowest BCUT2D eigenvalue weighted by atomic mass is 10.1. The number of aryl methyl sites for hydroxylation is 2. The van der Waals surface area contributed by atoms with Crippen LogP contribution in [0.5, 0.6) is 5.75 Å². The highest BCUT2D eigenvalue weighted by molar-refractivity contribution is 7.92. The predicted molar refractivity (Wildman–Crippen MR) is 123 cm³/mol. The van der Waals surface area contributed by atoms with Crippen molar-refractivity contribution < 1.29 is 22.7 Å². The number of aromatic amines is 1. The molecule has 31 heavy (non-hydrogen) atoms. The van der Waals surface area contributed by atoms with Crippen LogP contribution in [0.25, 0.3) is 10.9 Å². The molecule has 0 saturated carbocycles. The second-order valence-corrected chi connectivity index (χ2v) is 9.01. The van der Waals surface area contributed by atoms with Gasteiger partial charge < -0.3 is 20.1 Å². The molecule has 1 aromatic heterocycles. The van der Waals surface area contributed by atoms with Gasteiger partial charge in [0.25, 0.3) is 0 Å². The number of aromatic nitrogens is 1. The summed E-state index contributed by atoms with van der Waals surface area (Å²) >= 11 is 0. The first-order valence-electron chi connectivity index (χ1n) is 9.52. The minimum absolute atomic E-state index is 0. The number of ether oxygens (including phenoxy) is 1. The van der Waals surface area contributed by atoms with Crippen LogP contribution in [0, 0.1) is 19.7 Å². The van der Waals surface area contributed by atoms with Gasteiger partial charge in [-0.3, -0.25) is 4.72 Å². The largest absolute Gasteiger partial charge is 0.492 e. The van der Waals surface area contributed by atoms with E-state index < -0.39 is 21.9 Å².